The molecule has 0 aromatic heterocycles. The minimum atomic E-state index is 0.156. The first-order valence-electron chi connectivity index (χ1n) is 9.31. The first-order chi connectivity index (χ1) is 11.7. The molecule has 7 nitrogen and oxygen atoms in total. The van der Waals surface area contributed by atoms with Gasteiger partial charge in [-0.15, -0.1) is 0 Å². The van der Waals surface area contributed by atoms with Crippen molar-refractivity contribution in [2.24, 2.45) is 5.92 Å². The van der Waals surface area contributed by atoms with Gasteiger partial charge in [-0.2, -0.15) is 0 Å². The van der Waals surface area contributed by atoms with Crippen LogP contribution in [0.5, 0.6) is 0 Å². The highest BCUT2D eigenvalue weighted by Crippen LogP contribution is 2.20. The summed E-state index contributed by atoms with van der Waals surface area (Å²) in [6, 6.07) is 0. The van der Waals surface area contributed by atoms with Gasteiger partial charge in [-0.05, 0) is 25.9 Å². The first-order valence-corrected chi connectivity index (χ1v) is 9.31. The fourth-order valence-electron chi connectivity index (χ4n) is 3.77. The van der Waals surface area contributed by atoms with Crippen LogP contribution in [0.1, 0.15) is 19.3 Å². The monoisotopic (exact) mass is 338 g/mol. The van der Waals surface area contributed by atoms with Gasteiger partial charge < -0.3 is 24.8 Å². The van der Waals surface area contributed by atoms with Crippen LogP contribution in [0.3, 0.4) is 0 Å². The Bertz CT molecular complexity index is 426. The van der Waals surface area contributed by atoms with Crippen LogP contribution >= 0.6 is 0 Å². The fraction of sp³-hybridized carbons (Fsp3) is 0.882. The second-order valence-corrected chi connectivity index (χ2v) is 6.93. The molecule has 0 radical (unpaired) electrons. The molecule has 3 aliphatic rings. The van der Waals surface area contributed by atoms with Crippen molar-refractivity contribution < 1.29 is 14.3 Å². The van der Waals surface area contributed by atoms with Gasteiger partial charge in [-0.25, -0.2) is 0 Å². The Kier molecular flexibility index (Phi) is 6.45. The Labute approximate surface area is 144 Å². The topological polar surface area (TPSA) is 65.1 Å². The summed E-state index contributed by atoms with van der Waals surface area (Å²) in [5.74, 6) is 0.723. The molecule has 0 saturated carbocycles. The Hall–Kier alpha value is -1.18. The average molecular weight is 338 g/mol. The van der Waals surface area contributed by atoms with Gasteiger partial charge in [0, 0.05) is 58.2 Å². The first kappa shape index (κ1) is 17.6. The molecular formula is C17H30N4O3. The van der Waals surface area contributed by atoms with Gasteiger partial charge in [0.25, 0.3) is 0 Å². The quantitative estimate of drug-likeness (QED) is 0.740. The van der Waals surface area contributed by atoms with E-state index in [0.717, 1.165) is 71.7 Å². The Morgan fingerprint density at radius 2 is 1.58 bits per heavy atom. The molecule has 136 valence electrons. The maximum atomic E-state index is 12.5. The van der Waals surface area contributed by atoms with Crippen molar-refractivity contribution in [1.29, 1.82) is 0 Å². The highest BCUT2D eigenvalue weighted by molar-refractivity contribution is 5.79. The van der Waals surface area contributed by atoms with Gasteiger partial charge >= 0.3 is 0 Å². The van der Waals surface area contributed by atoms with Crippen molar-refractivity contribution in [3.8, 4) is 0 Å². The Morgan fingerprint density at radius 3 is 2.25 bits per heavy atom. The van der Waals surface area contributed by atoms with Crippen LogP contribution in [-0.2, 0) is 14.3 Å². The number of amides is 2. The van der Waals surface area contributed by atoms with Crippen molar-refractivity contribution in [3.63, 3.8) is 0 Å². The number of hydrogen-bond donors (Lipinski definition) is 1. The molecule has 3 heterocycles. The molecule has 24 heavy (non-hydrogen) atoms. The molecule has 1 N–H and O–H groups in total. The highest BCUT2D eigenvalue weighted by atomic mass is 16.5. The zero-order chi connectivity index (χ0) is 16.8. The number of likely N-dealkylation sites (tertiary alicyclic amines) is 1. The number of piperidine rings is 1. The van der Waals surface area contributed by atoms with Crippen LogP contribution in [-0.4, -0.2) is 98.6 Å². The Balaban J connectivity index is 1.35. The second-order valence-electron chi connectivity index (χ2n) is 6.93. The third-order valence-corrected chi connectivity index (χ3v) is 5.37. The van der Waals surface area contributed by atoms with Crippen LogP contribution in [0.2, 0.25) is 0 Å². The number of carbonyl (C=O) groups is 2. The summed E-state index contributed by atoms with van der Waals surface area (Å²) in [4.78, 5) is 31.0. The number of nitrogens with zero attached hydrogens (tertiary/aromatic N) is 3. The summed E-state index contributed by atoms with van der Waals surface area (Å²) < 4.78 is 5.32. The smallest absolute Gasteiger partial charge is 0.225 e. The summed E-state index contributed by atoms with van der Waals surface area (Å²) in [6.45, 7) is 8.94. The van der Waals surface area contributed by atoms with Crippen molar-refractivity contribution in [3.05, 3.63) is 0 Å². The Morgan fingerprint density at radius 1 is 0.917 bits per heavy atom. The molecule has 2 amide bonds. The van der Waals surface area contributed by atoms with Gasteiger partial charge in [0.1, 0.15) is 0 Å². The molecule has 3 aliphatic heterocycles. The SMILES string of the molecule is O=C(CCN1CCC(C(=O)N2CCOCC2)CC1)N1CCNCC1. The van der Waals surface area contributed by atoms with E-state index >= 15 is 0 Å². The normalized spacial score (nSPS) is 24.2. The molecule has 0 unspecified atom stereocenters. The van der Waals surface area contributed by atoms with Crippen molar-refractivity contribution >= 4 is 11.8 Å². The number of ether oxygens (including phenoxy) is 1. The van der Waals surface area contributed by atoms with E-state index in [1.54, 1.807) is 0 Å². The molecule has 0 aliphatic carbocycles. The van der Waals surface area contributed by atoms with Gasteiger partial charge in [-0.3, -0.25) is 9.59 Å². The average Bonchev–Trinajstić information content (AvgIpc) is 2.67. The van der Waals surface area contributed by atoms with Gasteiger partial charge in [0.05, 0.1) is 13.2 Å². The predicted molar refractivity (Wildman–Crippen MR) is 90.6 cm³/mol. The van der Waals surface area contributed by atoms with E-state index in [9.17, 15) is 9.59 Å². The summed E-state index contributed by atoms with van der Waals surface area (Å²) in [6.07, 6.45) is 2.43. The van der Waals surface area contributed by atoms with Crippen LogP contribution in [0.25, 0.3) is 0 Å². The molecule has 3 rings (SSSR count). The van der Waals surface area contributed by atoms with Gasteiger partial charge in [0.15, 0.2) is 0 Å². The van der Waals surface area contributed by atoms with Crippen LogP contribution in [0.4, 0.5) is 0 Å². The maximum Gasteiger partial charge on any atom is 0.225 e. The lowest BCUT2D eigenvalue weighted by molar-refractivity contribution is -0.141. The third kappa shape index (κ3) is 4.68. The number of rotatable bonds is 4. The second kappa shape index (κ2) is 8.78. The number of carbonyl (C=O) groups excluding carboxylic acids is 2. The largest absolute Gasteiger partial charge is 0.378 e. The molecule has 0 spiro atoms. The maximum absolute atomic E-state index is 12.5. The van der Waals surface area contributed by atoms with Crippen LogP contribution in [0, 0.1) is 5.92 Å². The summed E-state index contributed by atoms with van der Waals surface area (Å²) in [5.41, 5.74) is 0. The fourth-order valence-corrected chi connectivity index (χ4v) is 3.77. The van der Waals surface area contributed by atoms with E-state index in [1.165, 1.54) is 0 Å². The lowest BCUT2D eigenvalue weighted by Gasteiger charge is -2.35. The minimum absolute atomic E-state index is 0.156. The van der Waals surface area contributed by atoms with Gasteiger partial charge in [0.2, 0.25) is 11.8 Å². The predicted octanol–water partition coefficient (Wildman–Crippen LogP) is -0.621. The summed E-state index contributed by atoms with van der Waals surface area (Å²) >= 11 is 0. The molecular weight excluding hydrogens is 308 g/mol. The number of piperazine rings is 1. The molecule has 3 fully saturated rings. The number of morpholine rings is 1. The minimum Gasteiger partial charge on any atom is -0.378 e. The number of nitrogens with one attached hydrogen (secondary N) is 1. The molecule has 0 atom stereocenters. The summed E-state index contributed by atoms with van der Waals surface area (Å²) in [5, 5.41) is 3.27. The van der Waals surface area contributed by atoms with E-state index in [0.29, 0.717) is 25.5 Å². The molecule has 0 bridgehead atoms. The zero-order valence-electron chi connectivity index (χ0n) is 14.5. The van der Waals surface area contributed by atoms with Crippen LogP contribution in [0.15, 0.2) is 0 Å². The van der Waals surface area contributed by atoms with Crippen LogP contribution < -0.4 is 5.32 Å². The van der Waals surface area contributed by atoms with E-state index < -0.39 is 0 Å². The summed E-state index contributed by atoms with van der Waals surface area (Å²) in [7, 11) is 0. The van der Waals surface area contributed by atoms with Gasteiger partial charge in [-0.1, -0.05) is 0 Å². The molecule has 0 aromatic carbocycles. The van der Waals surface area contributed by atoms with Crippen molar-refractivity contribution in [2.45, 2.75) is 19.3 Å². The van der Waals surface area contributed by atoms with Crippen molar-refractivity contribution in [1.82, 2.24) is 20.0 Å². The third-order valence-electron chi connectivity index (χ3n) is 5.37. The zero-order valence-corrected chi connectivity index (χ0v) is 14.5. The van der Waals surface area contributed by atoms with Crippen molar-refractivity contribution in [2.75, 3.05) is 72.1 Å². The molecule has 3 saturated heterocycles. The lowest BCUT2D eigenvalue weighted by Crippen LogP contribution is -2.48. The van der Waals surface area contributed by atoms with E-state index in [-0.39, 0.29) is 11.8 Å². The number of hydrogen-bond acceptors (Lipinski definition) is 5. The molecule has 0 aromatic rings. The standard InChI is InChI=1S/C17H30N4O3/c22-16(20-9-4-18-5-10-20)3-8-19-6-1-15(2-7-19)17(23)21-11-13-24-14-12-21/h15,18H,1-14H2. The van der Waals surface area contributed by atoms with E-state index in [2.05, 4.69) is 10.2 Å². The lowest BCUT2D eigenvalue weighted by atomic mass is 9.95. The molecule has 7 heteroatoms. The van der Waals surface area contributed by atoms with E-state index in [1.807, 2.05) is 9.80 Å². The van der Waals surface area contributed by atoms with E-state index in [4.69, 9.17) is 4.74 Å². The highest BCUT2D eigenvalue weighted by Gasteiger charge is 2.29.